The fourth-order valence-corrected chi connectivity index (χ4v) is 2.67. The van der Waals surface area contributed by atoms with Crippen molar-refractivity contribution in [1.82, 2.24) is 10.3 Å². The third-order valence-electron chi connectivity index (χ3n) is 3.65. The van der Waals surface area contributed by atoms with Crippen LogP contribution < -0.4 is 5.32 Å². The molecule has 2 rings (SSSR count). The number of allylic oxidation sites excluding steroid dienone is 1. The van der Waals surface area contributed by atoms with E-state index in [0.29, 0.717) is 5.92 Å². The Morgan fingerprint density at radius 1 is 1.47 bits per heavy atom. The molecule has 0 saturated heterocycles. The summed E-state index contributed by atoms with van der Waals surface area (Å²) in [7, 11) is 0. The first-order valence-corrected chi connectivity index (χ1v) is 7.58. The van der Waals surface area contributed by atoms with Crippen LogP contribution in [-0.2, 0) is 6.42 Å². The molecule has 104 valence electrons. The monoisotopic (exact) mass is 258 g/mol. The lowest BCUT2D eigenvalue weighted by atomic mass is 9.86. The lowest BCUT2D eigenvalue weighted by Gasteiger charge is -2.21. The Morgan fingerprint density at radius 3 is 3.21 bits per heavy atom. The van der Waals surface area contributed by atoms with Crippen LogP contribution in [0.3, 0.4) is 0 Å². The zero-order valence-electron chi connectivity index (χ0n) is 12.2. The Hall–Kier alpha value is -1.15. The first kappa shape index (κ1) is 14.3. The summed E-state index contributed by atoms with van der Waals surface area (Å²) in [6, 6.07) is 4.29. The molecule has 0 aromatic carbocycles. The molecule has 1 atom stereocenters. The third kappa shape index (κ3) is 4.46. The smallest absolute Gasteiger partial charge is 0.0504 e. The average Bonchev–Trinajstić information content (AvgIpc) is 2.42. The number of hydrogen-bond acceptors (Lipinski definition) is 2. The molecule has 1 aromatic rings. The molecule has 0 radical (unpaired) electrons. The van der Waals surface area contributed by atoms with E-state index in [-0.39, 0.29) is 0 Å². The van der Waals surface area contributed by atoms with Gasteiger partial charge in [0.25, 0.3) is 0 Å². The molecule has 0 spiro atoms. The molecule has 0 bridgehead atoms. The molecule has 1 unspecified atom stereocenters. The molecular weight excluding hydrogens is 232 g/mol. The summed E-state index contributed by atoms with van der Waals surface area (Å²) in [6.07, 6.45) is 11.5. The second kappa shape index (κ2) is 7.44. The van der Waals surface area contributed by atoms with Crippen LogP contribution in [0.4, 0.5) is 0 Å². The van der Waals surface area contributed by atoms with Crippen LogP contribution in [0.2, 0.25) is 0 Å². The van der Waals surface area contributed by atoms with Gasteiger partial charge in [-0.3, -0.25) is 4.98 Å². The number of fused-ring (bicyclic) bond motifs is 1. The highest BCUT2D eigenvalue weighted by Gasteiger charge is 2.18. The molecule has 1 heterocycles. The van der Waals surface area contributed by atoms with Gasteiger partial charge in [-0.1, -0.05) is 32.1 Å². The first-order chi connectivity index (χ1) is 9.27. The van der Waals surface area contributed by atoms with Gasteiger partial charge in [0.1, 0.15) is 0 Å². The maximum atomic E-state index is 4.57. The number of hydrogen-bond donors (Lipinski definition) is 1. The quantitative estimate of drug-likeness (QED) is 0.622. The highest BCUT2D eigenvalue weighted by atomic mass is 14.8. The number of aryl methyl sites for hydroxylation is 1. The van der Waals surface area contributed by atoms with E-state index < -0.39 is 0 Å². The van der Waals surface area contributed by atoms with Gasteiger partial charge in [0, 0.05) is 12.1 Å². The molecule has 2 heteroatoms. The molecule has 0 saturated carbocycles. The first-order valence-electron chi connectivity index (χ1n) is 7.58. The molecule has 0 fully saturated rings. The van der Waals surface area contributed by atoms with E-state index in [1.165, 1.54) is 30.5 Å². The van der Waals surface area contributed by atoms with Crippen LogP contribution >= 0.6 is 0 Å². The van der Waals surface area contributed by atoms with E-state index in [0.717, 1.165) is 25.4 Å². The van der Waals surface area contributed by atoms with Gasteiger partial charge in [-0.05, 0) is 56.3 Å². The number of nitrogens with zero attached hydrogens (tertiary/aromatic N) is 1. The largest absolute Gasteiger partial charge is 0.316 e. The minimum atomic E-state index is 0.537. The van der Waals surface area contributed by atoms with Crippen LogP contribution in [0, 0.1) is 5.92 Å². The van der Waals surface area contributed by atoms with Crippen LogP contribution in [0.5, 0.6) is 0 Å². The molecule has 19 heavy (non-hydrogen) atoms. The zero-order chi connectivity index (χ0) is 13.5. The Morgan fingerprint density at radius 2 is 2.37 bits per heavy atom. The maximum Gasteiger partial charge on any atom is 0.0504 e. The maximum absolute atomic E-state index is 4.57. The van der Waals surface area contributed by atoms with Crippen molar-refractivity contribution in [3.8, 4) is 0 Å². The van der Waals surface area contributed by atoms with Crippen molar-refractivity contribution < 1.29 is 0 Å². The summed E-state index contributed by atoms with van der Waals surface area (Å²) >= 11 is 0. The second-order valence-corrected chi connectivity index (χ2v) is 5.86. The lowest BCUT2D eigenvalue weighted by Crippen LogP contribution is -2.20. The van der Waals surface area contributed by atoms with Gasteiger partial charge in [0.05, 0.1) is 5.69 Å². The summed E-state index contributed by atoms with van der Waals surface area (Å²) in [5, 5.41) is 3.47. The molecular formula is C17H26N2. The predicted molar refractivity (Wildman–Crippen MR) is 81.4 cm³/mol. The molecule has 1 aromatic heterocycles. The number of aromatic nitrogens is 1. The zero-order valence-corrected chi connectivity index (χ0v) is 12.2. The summed E-state index contributed by atoms with van der Waals surface area (Å²) in [5.41, 5.74) is 2.75. The summed E-state index contributed by atoms with van der Waals surface area (Å²) in [6.45, 7) is 6.68. The minimum absolute atomic E-state index is 0.537. The number of nitrogens with one attached hydrogen (secondary N) is 1. The van der Waals surface area contributed by atoms with Crippen molar-refractivity contribution in [3.63, 3.8) is 0 Å². The van der Waals surface area contributed by atoms with Gasteiger partial charge in [-0.15, -0.1) is 0 Å². The number of rotatable bonds is 6. The van der Waals surface area contributed by atoms with Gasteiger partial charge in [-0.25, -0.2) is 0 Å². The molecule has 1 N–H and O–H groups in total. The van der Waals surface area contributed by atoms with Crippen molar-refractivity contribution >= 4 is 0 Å². The minimum Gasteiger partial charge on any atom is -0.316 e. The van der Waals surface area contributed by atoms with E-state index >= 15 is 0 Å². The van der Waals surface area contributed by atoms with E-state index in [1.54, 1.807) is 0 Å². The van der Waals surface area contributed by atoms with E-state index in [2.05, 4.69) is 48.4 Å². The highest BCUT2D eigenvalue weighted by Crippen LogP contribution is 2.30. The van der Waals surface area contributed by atoms with E-state index in [9.17, 15) is 0 Å². The molecule has 1 aliphatic rings. The Labute approximate surface area is 117 Å². The predicted octanol–water partition coefficient (Wildman–Crippen LogP) is 3.69. The standard InChI is InChI=1S/C17H26N2/c1-14(2)13-18-11-4-3-7-15-8-5-9-16-10-6-12-19-17(15)16/h3,6-7,10,12,14-15,18H,4-5,8-9,11,13H2,1-2H3. The fraction of sp³-hybridized carbons (Fsp3) is 0.588. The van der Waals surface area contributed by atoms with Crippen LogP contribution in [0.25, 0.3) is 0 Å². The van der Waals surface area contributed by atoms with Gasteiger partial charge in [0.15, 0.2) is 0 Å². The van der Waals surface area contributed by atoms with Crippen molar-refractivity contribution in [2.24, 2.45) is 5.92 Å². The van der Waals surface area contributed by atoms with Gasteiger partial charge < -0.3 is 5.32 Å². The molecule has 1 aliphatic carbocycles. The Kier molecular flexibility index (Phi) is 5.59. The Bertz CT molecular complexity index is 409. The second-order valence-electron chi connectivity index (χ2n) is 5.86. The SMILES string of the molecule is CC(C)CNCCC=CC1CCCc2cccnc21. The third-order valence-corrected chi connectivity index (χ3v) is 3.65. The van der Waals surface area contributed by atoms with Crippen molar-refractivity contribution in [1.29, 1.82) is 0 Å². The molecule has 0 amide bonds. The molecule has 2 nitrogen and oxygen atoms in total. The fourth-order valence-electron chi connectivity index (χ4n) is 2.67. The highest BCUT2D eigenvalue weighted by molar-refractivity contribution is 5.29. The van der Waals surface area contributed by atoms with E-state index in [1.807, 2.05) is 6.20 Å². The van der Waals surface area contributed by atoms with Gasteiger partial charge in [-0.2, -0.15) is 0 Å². The lowest BCUT2D eigenvalue weighted by molar-refractivity contribution is 0.556. The van der Waals surface area contributed by atoms with Crippen LogP contribution in [0.1, 0.15) is 50.3 Å². The average molecular weight is 258 g/mol. The normalized spacial score (nSPS) is 19.0. The van der Waals surface area contributed by atoms with Gasteiger partial charge in [0.2, 0.25) is 0 Å². The van der Waals surface area contributed by atoms with Crippen molar-refractivity contribution in [2.45, 2.75) is 45.4 Å². The van der Waals surface area contributed by atoms with E-state index in [4.69, 9.17) is 0 Å². The number of pyridine rings is 1. The summed E-state index contributed by atoms with van der Waals surface area (Å²) in [5.74, 6) is 1.27. The van der Waals surface area contributed by atoms with Crippen LogP contribution in [-0.4, -0.2) is 18.1 Å². The summed E-state index contributed by atoms with van der Waals surface area (Å²) < 4.78 is 0. The van der Waals surface area contributed by atoms with Gasteiger partial charge >= 0.3 is 0 Å². The summed E-state index contributed by atoms with van der Waals surface area (Å²) in [4.78, 5) is 4.57. The van der Waals surface area contributed by atoms with Crippen LogP contribution in [0.15, 0.2) is 30.5 Å². The topological polar surface area (TPSA) is 24.9 Å². The van der Waals surface area contributed by atoms with Crippen molar-refractivity contribution in [3.05, 3.63) is 41.7 Å². The Balaban J connectivity index is 1.80. The van der Waals surface area contributed by atoms with Crippen molar-refractivity contribution in [2.75, 3.05) is 13.1 Å². The molecule has 0 aliphatic heterocycles.